The molecule has 0 unspecified atom stereocenters. The molecule has 0 bridgehead atoms. The van der Waals surface area contributed by atoms with Gasteiger partial charge in [-0.3, -0.25) is 0 Å². The van der Waals surface area contributed by atoms with Crippen molar-refractivity contribution in [2.75, 3.05) is 0 Å². The first kappa shape index (κ1) is 30.4. The molecule has 0 aliphatic heterocycles. The van der Waals surface area contributed by atoms with E-state index in [2.05, 4.69) is 152 Å². The minimum Gasteiger partial charge on any atom is -0.875 e. The van der Waals surface area contributed by atoms with Crippen LogP contribution in [-0.4, -0.2) is 0 Å². The summed E-state index contributed by atoms with van der Waals surface area (Å²) < 4.78 is 0. The smallest absolute Gasteiger partial charge is 0.875 e. The fraction of sp³-hybridized carbons (Fsp3) is 0.0238. The minimum absolute atomic E-state index is 0. The van der Waals surface area contributed by atoms with Crippen LogP contribution in [-0.2, 0) is 17.1 Å². The number of hydrogen-bond acceptors (Lipinski definition) is 1. The number of allylic oxidation sites excluding steroid dienone is 6. The molecule has 0 saturated carbocycles. The molecule has 6 aromatic rings. The molecule has 0 saturated heterocycles. The van der Waals surface area contributed by atoms with Crippen LogP contribution >= 0.6 is 0 Å². The molecule has 0 radical (unpaired) electrons. The molecule has 214 valence electrons. The van der Waals surface area contributed by atoms with Gasteiger partial charge in [0.05, 0.1) is 0 Å². The van der Waals surface area contributed by atoms with Crippen molar-refractivity contribution >= 4 is 0 Å². The second-order valence-corrected chi connectivity index (χ2v) is 10.4. The monoisotopic (exact) mass is 608 g/mol. The predicted octanol–water partition coefficient (Wildman–Crippen LogP) is 10.5. The second-order valence-electron chi connectivity index (χ2n) is 10.4. The van der Waals surface area contributed by atoms with E-state index < -0.39 is 0 Å². The number of hydrogen-bond donors (Lipinski definition) is 0. The first-order chi connectivity index (χ1) is 21.2. The summed E-state index contributed by atoms with van der Waals surface area (Å²) >= 11 is 0. The molecule has 0 fully saturated rings. The fourth-order valence-corrected chi connectivity index (χ4v) is 5.70. The Kier molecular flexibility index (Phi) is 9.99. The first-order valence-corrected chi connectivity index (χ1v) is 14.6. The quantitative estimate of drug-likeness (QED) is 0.109. The Hall–Kier alpha value is -5.01. The zero-order valence-electron chi connectivity index (χ0n) is 24.5. The van der Waals surface area contributed by atoms with Gasteiger partial charge in [-0.05, 0) is 16.7 Å². The van der Waals surface area contributed by atoms with Crippen LogP contribution in [0.5, 0.6) is 0 Å². The summed E-state index contributed by atoms with van der Waals surface area (Å²) in [4.78, 5) is 0. The Labute approximate surface area is 271 Å². The van der Waals surface area contributed by atoms with Gasteiger partial charge in [0.25, 0.3) is 0 Å². The predicted molar refractivity (Wildman–Crippen MR) is 180 cm³/mol. The van der Waals surface area contributed by atoms with Gasteiger partial charge in [-0.1, -0.05) is 227 Å². The Morgan fingerprint density at radius 1 is 0.455 bits per heavy atom. The molecule has 6 aromatic carbocycles. The van der Waals surface area contributed by atoms with E-state index in [1.165, 1.54) is 55.6 Å². The Morgan fingerprint density at radius 2 is 0.773 bits per heavy atom. The van der Waals surface area contributed by atoms with Crippen molar-refractivity contribution in [3.63, 3.8) is 0 Å². The van der Waals surface area contributed by atoms with Crippen LogP contribution in [0.15, 0.2) is 187 Å². The van der Waals surface area contributed by atoms with Crippen molar-refractivity contribution in [3.05, 3.63) is 187 Å². The van der Waals surface area contributed by atoms with Gasteiger partial charge in [0.2, 0.25) is 0 Å². The van der Waals surface area contributed by atoms with Crippen molar-refractivity contribution in [3.8, 4) is 55.6 Å². The Morgan fingerprint density at radius 3 is 1.09 bits per heavy atom. The molecule has 1 nitrogen and oxygen atoms in total. The standard InChI is InChI=1S/C35H25.C7H8O.Fe/c1-6-16-26(17-7-1)31-32(27-18-8-2-9-19-27)34(29-22-12-4-13-23-29)35(30-24-14-5-15-25-30)33(31)28-20-10-3-11-21-28;1-6(8)7-4-2-3-5-7;/h1-25H;2-5,8H,1H3;/q-1;;+2/p-1. The zero-order valence-corrected chi connectivity index (χ0v) is 25.6. The molecule has 0 aromatic heterocycles. The maximum Gasteiger partial charge on any atom is 2.00 e. The van der Waals surface area contributed by atoms with Crippen LogP contribution in [0.2, 0.25) is 0 Å². The SMILES string of the molecule is CC([O-])=C1C=CC=C1.[Fe+2].c1ccc(-c2c(-c3ccccc3)c(-c3ccccc3)[c-](-c3ccccc3)c2-c2ccccc2)cc1. The van der Waals surface area contributed by atoms with E-state index in [0.717, 1.165) is 5.57 Å². The molecule has 44 heavy (non-hydrogen) atoms. The van der Waals surface area contributed by atoms with Gasteiger partial charge in [0.1, 0.15) is 0 Å². The third-order valence-corrected chi connectivity index (χ3v) is 7.63. The summed E-state index contributed by atoms with van der Waals surface area (Å²) in [5, 5.41) is 10.5. The normalized spacial score (nSPS) is 11.4. The van der Waals surface area contributed by atoms with E-state index in [4.69, 9.17) is 0 Å². The van der Waals surface area contributed by atoms with Crippen LogP contribution in [0.3, 0.4) is 0 Å². The molecule has 1 aliphatic carbocycles. The summed E-state index contributed by atoms with van der Waals surface area (Å²) in [6.45, 7) is 1.56. The summed E-state index contributed by atoms with van der Waals surface area (Å²) in [7, 11) is 0. The molecule has 2 heteroatoms. The molecule has 0 heterocycles. The van der Waals surface area contributed by atoms with Crippen LogP contribution in [0.1, 0.15) is 6.92 Å². The van der Waals surface area contributed by atoms with Crippen molar-refractivity contribution in [2.45, 2.75) is 6.92 Å². The van der Waals surface area contributed by atoms with E-state index >= 15 is 0 Å². The zero-order chi connectivity index (χ0) is 29.4. The number of rotatable bonds is 5. The van der Waals surface area contributed by atoms with Gasteiger partial charge >= 0.3 is 17.1 Å². The van der Waals surface area contributed by atoms with E-state index in [0.29, 0.717) is 0 Å². The molecule has 0 N–H and O–H groups in total. The molecular weight excluding hydrogens is 576 g/mol. The van der Waals surface area contributed by atoms with Crippen LogP contribution in [0, 0.1) is 0 Å². The van der Waals surface area contributed by atoms with Gasteiger partial charge in [-0.15, -0.1) is 5.76 Å². The Bertz CT molecular complexity index is 1560. The van der Waals surface area contributed by atoms with E-state index in [1.807, 2.05) is 24.3 Å². The molecule has 0 amide bonds. The maximum atomic E-state index is 10.5. The summed E-state index contributed by atoms with van der Waals surface area (Å²) in [6, 6.07) is 54.1. The van der Waals surface area contributed by atoms with Gasteiger partial charge in [0.15, 0.2) is 0 Å². The summed E-state index contributed by atoms with van der Waals surface area (Å²) in [6.07, 6.45) is 7.33. The van der Waals surface area contributed by atoms with E-state index in [1.54, 1.807) is 6.92 Å². The van der Waals surface area contributed by atoms with Gasteiger partial charge in [-0.2, -0.15) is 0 Å². The van der Waals surface area contributed by atoms with Crippen molar-refractivity contribution < 1.29 is 22.2 Å². The topological polar surface area (TPSA) is 23.1 Å². The van der Waals surface area contributed by atoms with Gasteiger partial charge in [0, 0.05) is 0 Å². The van der Waals surface area contributed by atoms with Gasteiger partial charge < -0.3 is 5.11 Å². The average molecular weight is 609 g/mol. The van der Waals surface area contributed by atoms with Crippen molar-refractivity contribution in [1.29, 1.82) is 0 Å². The molecule has 7 rings (SSSR count). The molecular formula is C42H32FeO. The molecule has 1 aliphatic rings. The molecule has 0 spiro atoms. The summed E-state index contributed by atoms with van der Waals surface area (Å²) in [5.41, 5.74) is 13.3. The largest absolute Gasteiger partial charge is 2.00 e. The second kappa shape index (κ2) is 14.4. The van der Waals surface area contributed by atoms with Crippen LogP contribution in [0.25, 0.3) is 55.6 Å². The first-order valence-electron chi connectivity index (χ1n) is 14.6. The fourth-order valence-electron chi connectivity index (χ4n) is 5.70. The number of benzene rings is 5. The van der Waals surface area contributed by atoms with Crippen molar-refractivity contribution in [1.82, 2.24) is 0 Å². The van der Waals surface area contributed by atoms with Crippen LogP contribution < -0.4 is 5.11 Å². The van der Waals surface area contributed by atoms with E-state index in [9.17, 15) is 5.11 Å². The van der Waals surface area contributed by atoms with E-state index in [-0.39, 0.29) is 22.8 Å². The third-order valence-electron chi connectivity index (χ3n) is 7.63. The summed E-state index contributed by atoms with van der Waals surface area (Å²) in [5.74, 6) is 0.134. The van der Waals surface area contributed by atoms with Gasteiger partial charge in [-0.25, -0.2) is 0 Å². The van der Waals surface area contributed by atoms with Crippen molar-refractivity contribution in [2.24, 2.45) is 0 Å². The third kappa shape index (κ3) is 6.48. The minimum atomic E-state index is 0. The maximum absolute atomic E-state index is 10.5. The Balaban J connectivity index is 0.000000373. The average Bonchev–Trinajstić information content (AvgIpc) is 3.75. The van der Waals surface area contributed by atoms with Crippen LogP contribution in [0.4, 0.5) is 0 Å². The molecule has 0 atom stereocenters.